The molecule has 4 unspecified atom stereocenters. The van der Waals surface area contributed by atoms with Crippen LogP contribution in [0.15, 0.2) is 12.2 Å². The van der Waals surface area contributed by atoms with Crippen molar-refractivity contribution >= 4 is 5.91 Å². The van der Waals surface area contributed by atoms with Crippen LogP contribution in [0, 0.1) is 0 Å². The van der Waals surface area contributed by atoms with E-state index >= 15 is 0 Å². The van der Waals surface area contributed by atoms with Crippen molar-refractivity contribution in [2.75, 3.05) is 6.61 Å². The minimum absolute atomic E-state index is 0.374. The molecule has 0 aliphatic carbocycles. The first-order chi connectivity index (χ1) is 36.0. The van der Waals surface area contributed by atoms with Crippen molar-refractivity contribution in [3.8, 4) is 0 Å². The van der Waals surface area contributed by atoms with Gasteiger partial charge in [0.25, 0.3) is 0 Å². The van der Waals surface area contributed by atoms with Gasteiger partial charge in [0, 0.05) is 0 Å². The molecule has 0 heterocycles. The summed E-state index contributed by atoms with van der Waals surface area (Å²) in [5.74, 6) is -0.576. The van der Waals surface area contributed by atoms with Crippen LogP contribution < -0.4 is 5.32 Å². The maximum Gasteiger partial charge on any atom is 0.249 e. The monoisotopic (exact) mass is 1030 g/mol. The molecule has 4 atom stereocenters. The fourth-order valence-electron chi connectivity index (χ4n) is 11.0. The van der Waals surface area contributed by atoms with Gasteiger partial charge in [-0.05, 0) is 38.5 Å². The molecule has 0 aromatic carbocycles. The van der Waals surface area contributed by atoms with Gasteiger partial charge in [0.15, 0.2) is 0 Å². The van der Waals surface area contributed by atoms with Crippen LogP contribution in [-0.2, 0) is 4.79 Å². The van der Waals surface area contributed by atoms with Crippen molar-refractivity contribution in [3.05, 3.63) is 12.2 Å². The number of nitrogens with one attached hydrogen (secondary N) is 1. The van der Waals surface area contributed by atoms with E-state index in [0.29, 0.717) is 12.8 Å². The summed E-state index contributed by atoms with van der Waals surface area (Å²) in [4.78, 5) is 12.6. The van der Waals surface area contributed by atoms with Crippen LogP contribution in [0.1, 0.15) is 380 Å². The number of rotatable bonds is 63. The summed E-state index contributed by atoms with van der Waals surface area (Å²) in [6.07, 6.45) is 76.2. The summed E-state index contributed by atoms with van der Waals surface area (Å²) in [6, 6.07) is -0.983. The van der Waals surface area contributed by atoms with Gasteiger partial charge in [-0.1, -0.05) is 353 Å². The molecule has 0 saturated heterocycles. The molecular weight excluding hydrogens is 899 g/mol. The number of amides is 1. The van der Waals surface area contributed by atoms with E-state index in [1.54, 1.807) is 0 Å². The Morgan fingerprint density at radius 1 is 0.329 bits per heavy atom. The molecule has 0 spiro atoms. The largest absolute Gasteiger partial charge is 0.394 e. The lowest BCUT2D eigenvalue weighted by molar-refractivity contribution is -0.132. The van der Waals surface area contributed by atoms with E-state index in [9.17, 15) is 25.2 Å². The van der Waals surface area contributed by atoms with Crippen LogP contribution >= 0.6 is 0 Å². The van der Waals surface area contributed by atoms with Gasteiger partial charge in [-0.25, -0.2) is 0 Å². The highest BCUT2D eigenvalue weighted by molar-refractivity contribution is 5.80. The minimum atomic E-state index is -1.26. The van der Waals surface area contributed by atoms with Gasteiger partial charge in [0.2, 0.25) is 5.91 Å². The van der Waals surface area contributed by atoms with Gasteiger partial charge in [-0.3, -0.25) is 4.79 Å². The second kappa shape index (κ2) is 61.9. The number of unbranched alkanes of at least 4 members (excludes halogenated alkanes) is 52. The fourth-order valence-corrected chi connectivity index (χ4v) is 11.0. The normalized spacial score (nSPS) is 13.6. The number of hydrogen-bond donors (Lipinski definition) is 5. The quantitative estimate of drug-likeness (QED) is 0.0308. The molecule has 0 rings (SSSR count). The maximum atomic E-state index is 12.6. The van der Waals surface area contributed by atoms with Crippen LogP contribution in [0.25, 0.3) is 0 Å². The smallest absolute Gasteiger partial charge is 0.249 e. The van der Waals surface area contributed by atoms with Crippen molar-refractivity contribution in [1.29, 1.82) is 0 Å². The highest BCUT2D eigenvalue weighted by Gasteiger charge is 2.28. The molecule has 0 aliphatic rings. The average molecular weight is 1030 g/mol. The number of aliphatic hydroxyl groups excluding tert-OH is 4. The molecule has 0 radical (unpaired) electrons. The van der Waals surface area contributed by atoms with Gasteiger partial charge >= 0.3 is 0 Å². The number of aliphatic hydroxyl groups is 4. The lowest BCUT2D eigenvalue weighted by atomic mass is 9.99. The van der Waals surface area contributed by atoms with Crippen molar-refractivity contribution in [2.24, 2.45) is 0 Å². The van der Waals surface area contributed by atoms with Gasteiger partial charge in [-0.15, -0.1) is 0 Å². The van der Waals surface area contributed by atoms with Gasteiger partial charge < -0.3 is 25.7 Å². The SMILES string of the molecule is CCCCCCCCCCCCCCCCCCCC/C=C\CCCCCCCCCCCCCCCCCCC(O)C(=O)NC(CO)C(O)C(O)CCCCCCCCCCCCCCCCCCCCC. The number of carbonyl (C=O) groups excluding carboxylic acids is 1. The minimum Gasteiger partial charge on any atom is -0.394 e. The third-order valence-electron chi connectivity index (χ3n) is 16.2. The van der Waals surface area contributed by atoms with E-state index in [4.69, 9.17) is 0 Å². The van der Waals surface area contributed by atoms with Crippen molar-refractivity contribution < 1.29 is 25.2 Å². The Kier molecular flexibility index (Phi) is 61.1. The summed E-state index contributed by atoms with van der Waals surface area (Å²) < 4.78 is 0. The molecule has 0 fully saturated rings. The molecule has 6 nitrogen and oxygen atoms in total. The summed E-state index contributed by atoms with van der Waals surface area (Å²) in [6.45, 7) is 4.11. The van der Waals surface area contributed by atoms with Crippen LogP contribution in [0.5, 0.6) is 0 Å². The first kappa shape index (κ1) is 72.0. The number of carbonyl (C=O) groups is 1. The third kappa shape index (κ3) is 55.6. The van der Waals surface area contributed by atoms with Crippen molar-refractivity contribution in [1.82, 2.24) is 5.32 Å². The maximum absolute atomic E-state index is 12.6. The Labute approximate surface area is 457 Å². The molecule has 5 N–H and O–H groups in total. The Balaban J connectivity index is 3.50. The molecule has 0 saturated carbocycles. The average Bonchev–Trinajstić information content (AvgIpc) is 3.40. The zero-order valence-electron chi connectivity index (χ0n) is 49.7. The summed E-state index contributed by atoms with van der Waals surface area (Å²) >= 11 is 0. The topological polar surface area (TPSA) is 110 Å². The van der Waals surface area contributed by atoms with E-state index in [2.05, 4.69) is 31.3 Å². The van der Waals surface area contributed by atoms with E-state index in [0.717, 1.165) is 38.5 Å². The molecule has 436 valence electrons. The first-order valence-corrected chi connectivity index (χ1v) is 33.6. The Morgan fingerprint density at radius 2 is 0.548 bits per heavy atom. The molecule has 1 amide bonds. The Hall–Kier alpha value is -0.950. The molecule has 0 aromatic rings. The third-order valence-corrected chi connectivity index (χ3v) is 16.2. The molecule has 0 aromatic heterocycles. The van der Waals surface area contributed by atoms with E-state index in [-0.39, 0.29) is 0 Å². The predicted molar refractivity (Wildman–Crippen MR) is 321 cm³/mol. The van der Waals surface area contributed by atoms with Crippen molar-refractivity contribution in [2.45, 2.75) is 404 Å². The van der Waals surface area contributed by atoms with Crippen molar-refractivity contribution in [3.63, 3.8) is 0 Å². The number of allylic oxidation sites excluding steroid dienone is 2. The molecule has 0 aliphatic heterocycles. The van der Waals surface area contributed by atoms with E-state index in [1.807, 2.05) is 0 Å². The Morgan fingerprint density at radius 3 is 0.795 bits per heavy atom. The van der Waals surface area contributed by atoms with Crippen LogP contribution in [0.2, 0.25) is 0 Å². The summed E-state index contributed by atoms with van der Waals surface area (Å²) in [5.41, 5.74) is 0. The number of hydrogen-bond acceptors (Lipinski definition) is 5. The summed E-state index contributed by atoms with van der Waals surface area (Å²) in [5, 5.41) is 44.1. The molecule has 0 bridgehead atoms. The zero-order chi connectivity index (χ0) is 53.0. The standard InChI is InChI=1S/C67H133NO5/c1-3-5-7-9-11-13-15-17-19-21-23-24-25-26-27-28-29-30-31-32-33-34-35-36-37-38-39-40-41-43-45-47-49-51-53-55-57-59-61-65(71)67(73)68-63(62-69)66(72)64(70)60-58-56-54-52-50-48-46-44-42-22-20-18-16-14-12-10-8-6-4-2/h32-33,63-66,69-72H,3-31,34-62H2,1-2H3,(H,68,73)/b33-32-. The van der Waals surface area contributed by atoms with Gasteiger partial charge in [0.1, 0.15) is 12.2 Å². The first-order valence-electron chi connectivity index (χ1n) is 33.6. The van der Waals surface area contributed by atoms with Crippen LogP contribution in [0.3, 0.4) is 0 Å². The summed E-state index contributed by atoms with van der Waals surface area (Å²) in [7, 11) is 0. The highest BCUT2D eigenvalue weighted by Crippen LogP contribution is 2.19. The molecule has 6 heteroatoms. The predicted octanol–water partition coefficient (Wildman–Crippen LogP) is 20.4. The lowest BCUT2D eigenvalue weighted by Gasteiger charge is -2.27. The second-order valence-electron chi connectivity index (χ2n) is 23.5. The fraction of sp³-hybridized carbons (Fsp3) is 0.955. The van der Waals surface area contributed by atoms with Gasteiger partial charge in [0.05, 0.1) is 18.8 Å². The van der Waals surface area contributed by atoms with E-state index < -0.39 is 36.9 Å². The van der Waals surface area contributed by atoms with E-state index in [1.165, 1.54) is 315 Å². The molecule has 73 heavy (non-hydrogen) atoms. The zero-order valence-corrected chi connectivity index (χ0v) is 49.7. The second-order valence-corrected chi connectivity index (χ2v) is 23.5. The van der Waals surface area contributed by atoms with Crippen LogP contribution in [-0.4, -0.2) is 57.3 Å². The molecular formula is C67H133NO5. The lowest BCUT2D eigenvalue weighted by Crippen LogP contribution is -2.53. The van der Waals surface area contributed by atoms with Crippen LogP contribution in [0.4, 0.5) is 0 Å². The Bertz CT molecular complexity index is 1070. The van der Waals surface area contributed by atoms with Gasteiger partial charge in [-0.2, -0.15) is 0 Å². The highest BCUT2D eigenvalue weighted by atomic mass is 16.3.